The SMILES string of the molecule is COc1ccc([Si](C)(C)[C@@H]2[C@@H](C)[C@@H](CCc3ccc(N4C(=O)CCc5ccccc54)cc3)O[C@H]2CC(=O)N2CCC[C@H]2CO)cc1. The standard InChI is InChI=1S/C38H48N2O5Si/c1-26-34(21-13-27-11-15-29(16-12-27)40-33-10-6-5-8-28(33)14-22-36(40)42)45-35(24-37(43)39-23-7-9-30(39)25-41)38(26)46(3,4)32-19-17-31(44-2)18-20-32/h5-6,8,10-12,15-20,26,30,34-35,38,41H,7,9,13-14,21-25H2,1-4H3/t26-,30-,34+,35-,38+/m0/s1. The van der Waals surface area contributed by atoms with Crippen molar-refractivity contribution >= 4 is 36.4 Å². The Labute approximate surface area is 274 Å². The summed E-state index contributed by atoms with van der Waals surface area (Å²) in [5.74, 6) is 1.37. The van der Waals surface area contributed by atoms with Crippen molar-refractivity contribution in [3.05, 3.63) is 83.9 Å². The van der Waals surface area contributed by atoms with Crippen LogP contribution in [0, 0.1) is 5.92 Å². The molecule has 0 unspecified atom stereocenters. The van der Waals surface area contributed by atoms with Gasteiger partial charge in [0.05, 0.1) is 52.1 Å². The molecule has 3 heterocycles. The number of aryl methyl sites for hydroxylation is 2. The Hall–Kier alpha value is -3.46. The molecule has 0 aromatic heterocycles. The van der Waals surface area contributed by atoms with Crippen LogP contribution in [0.4, 0.5) is 11.4 Å². The van der Waals surface area contributed by atoms with Crippen LogP contribution in [-0.4, -0.2) is 68.4 Å². The minimum Gasteiger partial charge on any atom is -0.497 e. The fraction of sp³-hybridized carbons (Fsp3) is 0.474. The van der Waals surface area contributed by atoms with Crippen LogP contribution in [0.15, 0.2) is 72.8 Å². The smallest absolute Gasteiger partial charge is 0.231 e. The van der Waals surface area contributed by atoms with Crippen LogP contribution in [0.5, 0.6) is 5.75 Å². The number of para-hydroxylation sites is 1. The van der Waals surface area contributed by atoms with Crippen LogP contribution >= 0.6 is 0 Å². The number of hydrogen-bond donors (Lipinski definition) is 1. The minimum atomic E-state index is -2.09. The second-order valence-corrected chi connectivity index (χ2v) is 18.6. The van der Waals surface area contributed by atoms with Gasteiger partial charge in [-0.3, -0.25) is 14.5 Å². The van der Waals surface area contributed by atoms with Crippen molar-refractivity contribution < 1.29 is 24.2 Å². The number of likely N-dealkylation sites (tertiary alicyclic amines) is 1. The molecule has 3 aliphatic heterocycles. The third-order valence-corrected chi connectivity index (χ3v) is 15.2. The molecule has 7 nitrogen and oxygen atoms in total. The van der Waals surface area contributed by atoms with Gasteiger partial charge in [0.1, 0.15) is 5.75 Å². The van der Waals surface area contributed by atoms with Gasteiger partial charge < -0.3 is 19.5 Å². The van der Waals surface area contributed by atoms with Crippen molar-refractivity contribution in [3.8, 4) is 5.75 Å². The summed E-state index contributed by atoms with van der Waals surface area (Å²) in [6.07, 6.45) is 5.06. The first-order valence-corrected chi connectivity index (χ1v) is 20.0. The fourth-order valence-electron chi connectivity index (χ4n) is 8.32. The molecule has 3 aromatic carbocycles. The molecule has 46 heavy (non-hydrogen) atoms. The first kappa shape index (κ1) is 32.5. The zero-order valence-electron chi connectivity index (χ0n) is 27.7. The number of carbonyl (C=O) groups excluding carboxylic acids is 2. The molecule has 0 spiro atoms. The van der Waals surface area contributed by atoms with Crippen molar-refractivity contribution in [3.63, 3.8) is 0 Å². The number of amides is 2. The third-order valence-electron chi connectivity index (χ3n) is 10.9. The third kappa shape index (κ3) is 6.40. The molecule has 5 atom stereocenters. The maximum absolute atomic E-state index is 13.6. The Kier molecular flexibility index (Phi) is 9.69. The van der Waals surface area contributed by atoms with Crippen LogP contribution < -0.4 is 14.8 Å². The Morgan fingerprint density at radius 3 is 2.46 bits per heavy atom. The highest BCUT2D eigenvalue weighted by atomic mass is 28.3. The number of benzene rings is 3. The number of rotatable bonds is 10. The number of nitrogens with zero attached hydrogens (tertiary/aromatic N) is 2. The van der Waals surface area contributed by atoms with Crippen LogP contribution in [0.25, 0.3) is 0 Å². The summed E-state index contributed by atoms with van der Waals surface area (Å²) in [5, 5.41) is 11.2. The van der Waals surface area contributed by atoms with E-state index >= 15 is 0 Å². The molecule has 2 saturated heterocycles. The quantitative estimate of drug-likeness (QED) is 0.275. The van der Waals surface area contributed by atoms with Crippen LogP contribution in [0.2, 0.25) is 18.6 Å². The molecular formula is C38H48N2O5Si. The van der Waals surface area contributed by atoms with E-state index in [0.29, 0.717) is 19.4 Å². The molecule has 0 saturated carbocycles. The molecule has 3 aliphatic rings. The van der Waals surface area contributed by atoms with E-state index in [2.05, 4.69) is 62.5 Å². The molecule has 6 rings (SSSR count). The molecular weight excluding hydrogens is 593 g/mol. The highest BCUT2D eigenvalue weighted by Gasteiger charge is 2.51. The molecule has 1 N–H and O–H groups in total. The second-order valence-electron chi connectivity index (χ2n) is 13.9. The average molecular weight is 641 g/mol. The van der Waals surface area contributed by atoms with E-state index in [-0.39, 0.29) is 48.1 Å². The van der Waals surface area contributed by atoms with E-state index in [4.69, 9.17) is 9.47 Å². The van der Waals surface area contributed by atoms with E-state index in [1.807, 2.05) is 40.1 Å². The zero-order chi connectivity index (χ0) is 32.4. The van der Waals surface area contributed by atoms with E-state index in [1.54, 1.807) is 7.11 Å². The average Bonchev–Trinajstić information content (AvgIpc) is 3.68. The minimum absolute atomic E-state index is 0.0169. The number of aliphatic hydroxyl groups is 1. The summed E-state index contributed by atoms with van der Waals surface area (Å²) in [6.45, 7) is 7.86. The lowest BCUT2D eigenvalue weighted by Gasteiger charge is -2.36. The largest absolute Gasteiger partial charge is 0.497 e. The predicted molar refractivity (Wildman–Crippen MR) is 185 cm³/mol. The lowest BCUT2D eigenvalue weighted by molar-refractivity contribution is -0.135. The Bertz CT molecular complexity index is 1520. The molecule has 2 amide bonds. The molecule has 244 valence electrons. The molecule has 0 aliphatic carbocycles. The van der Waals surface area contributed by atoms with E-state index in [1.165, 1.54) is 16.3 Å². The summed E-state index contributed by atoms with van der Waals surface area (Å²) < 4.78 is 12.3. The maximum atomic E-state index is 13.6. The van der Waals surface area contributed by atoms with E-state index in [9.17, 15) is 14.7 Å². The maximum Gasteiger partial charge on any atom is 0.231 e. The Morgan fingerprint density at radius 1 is 1.00 bits per heavy atom. The monoisotopic (exact) mass is 640 g/mol. The molecule has 0 radical (unpaired) electrons. The van der Waals surface area contributed by atoms with Gasteiger partial charge in [0.2, 0.25) is 11.8 Å². The van der Waals surface area contributed by atoms with E-state index < -0.39 is 8.07 Å². The number of methoxy groups -OCH3 is 1. The van der Waals surface area contributed by atoms with Crippen LogP contribution in [0.3, 0.4) is 0 Å². The van der Waals surface area contributed by atoms with Gasteiger partial charge in [-0.25, -0.2) is 0 Å². The number of fused-ring (bicyclic) bond motifs is 1. The van der Waals surface area contributed by atoms with E-state index in [0.717, 1.165) is 49.2 Å². The van der Waals surface area contributed by atoms with Gasteiger partial charge in [0.15, 0.2) is 0 Å². The second kappa shape index (κ2) is 13.7. The first-order valence-electron chi connectivity index (χ1n) is 16.9. The summed E-state index contributed by atoms with van der Waals surface area (Å²) in [5.41, 5.74) is 4.56. The summed E-state index contributed by atoms with van der Waals surface area (Å²) in [6, 6.07) is 24.9. The number of carbonyl (C=O) groups is 2. The lowest BCUT2D eigenvalue weighted by atomic mass is 9.94. The van der Waals surface area contributed by atoms with Gasteiger partial charge in [-0.2, -0.15) is 0 Å². The van der Waals surface area contributed by atoms with Crippen molar-refractivity contribution in [1.29, 1.82) is 0 Å². The summed E-state index contributed by atoms with van der Waals surface area (Å²) in [4.78, 5) is 30.3. The molecule has 2 fully saturated rings. The van der Waals surface area contributed by atoms with Crippen molar-refractivity contribution in [2.24, 2.45) is 5.92 Å². The molecule has 0 bridgehead atoms. The topological polar surface area (TPSA) is 79.3 Å². The molecule has 3 aromatic rings. The van der Waals surface area contributed by atoms with Crippen molar-refractivity contribution in [2.45, 2.75) is 88.8 Å². The Morgan fingerprint density at radius 2 is 1.74 bits per heavy atom. The highest BCUT2D eigenvalue weighted by molar-refractivity contribution is 6.91. The van der Waals surface area contributed by atoms with Crippen molar-refractivity contribution in [1.82, 2.24) is 4.90 Å². The van der Waals surface area contributed by atoms with Gasteiger partial charge in [0.25, 0.3) is 0 Å². The van der Waals surface area contributed by atoms with Gasteiger partial charge in [-0.15, -0.1) is 0 Å². The first-order chi connectivity index (χ1) is 22.2. The van der Waals surface area contributed by atoms with Crippen LogP contribution in [0.1, 0.15) is 50.2 Å². The fourth-order valence-corrected chi connectivity index (χ4v) is 12.4. The van der Waals surface area contributed by atoms with Crippen LogP contribution in [-0.2, 0) is 27.2 Å². The highest BCUT2D eigenvalue weighted by Crippen LogP contribution is 2.47. The van der Waals surface area contributed by atoms with Crippen molar-refractivity contribution in [2.75, 3.05) is 25.2 Å². The number of hydrogen-bond acceptors (Lipinski definition) is 5. The normalized spacial score (nSPS) is 24.7. The zero-order valence-corrected chi connectivity index (χ0v) is 28.7. The molecule has 8 heteroatoms. The Balaban J connectivity index is 1.19. The van der Waals surface area contributed by atoms with Gasteiger partial charge in [-0.1, -0.05) is 67.7 Å². The summed E-state index contributed by atoms with van der Waals surface area (Å²) >= 11 is 0. The lowest BCUT2D eigenvalue weighted by Crippen LogP contribution is -2.51. The van der Waals surface area contributed by atoms with Gasteiger partial charge in [0, 0.05) is 18.7 Å². The number of anilines is 2. The van der Waals surface area contributed by atoms with Gasteiger partial charge >= 0.3 is 0 Å². The number of ether oxygens (including phenoxy) is 2. The number of aliphatic hydroxyl groups excluding tert-OH is 1. The summed E-state index contributed by atoms with van der Waals surface area (Å²) in [7, 11) is -0.401. The predicted octanol–water partition coefficient (Wildman–Crippen LogP) is 6.00. The van der Waals surface area contributed by atoms with Gasteiger partial charge in [-0.05, 0) is 85.0 Å².